The van der Waals surface area contributed by atoms with E-state index in [0.717, 1.165) is 5.56 Å². The summed E-state index contributed by atoms with van der Waals surface area (Å²) in [6, 6.07) is 9.81. The molecule has 1 aromatic carbocycles. The lowest BCUT2D eigenvalue weighted by molar-refractivity contribution is -0.179. The maximum atomic E-state index is 12.5. The van der Waals surface area contributed by atoms with Gasteiger partial charge >= 0.3 is 5.97 Å². The molecule has 1 rings (SSSR count). The van der Waals surface area contributed by atoms with E-state index in [2.05, 4.69) is 0 Å². The number of carbonyl (C=O) groups is 1. The molecule has 0 fully saturated rings. The van der Waals surface area contributed by atoms with Crippen LogP contribution in [0.5, 0.6) is 0 Å². The average molecular weight is 340 g/mol. The highest BCUT2D eigenvalue weighted by Gasteiger charge is 2.47. The van der Waals surface area contributed by atoms with Crippen LogP contribution in [0.4, 0.5) is 0 Å². The van der Waals surface area contributed by atoms with Gasteiger partial charge in [0.15, 0.2) is 14.1 Å². The van der Waals surface area contributed by atoms with E-state index in [4.69, 9.17) is 9.47 Å². The lowest BCUT2D eigenvalue weighted by Gasteiger charge is -2.35. The molecule has 128 valence electrons. The second-order valence-corrected chi connectivity index (χ2v) is 5.81. The molecule has 0 aliphatic heterocycles. The largest absolute Gasteiger partial charge is 0.464 e. The minimum atomic E-state index is -1.38. The molecule has 1 N–H and O–H groups in total. The van der Waals surface area contributed by atoms with Gasteiger partial charge in [-0.1, -0.05) is 30.3 Å². The SMILES string of the molecule is CCOC(=O)C(CP=O)(OCC)C(CO)CCc1ccccc1. The molecule has 5 nitrogen and oxygen atoms in total. The number of ether oxygens (including phenoxy) is 2. The number of benzene rings is 1. The second kappa shape index (κ2) is 10.5. The monoisotopic (exact) mass is 340 g/mol. The van der Waals surface area contributed by atoms with Crippen molar-refractivity contribution in [1.82, 2.24) is 0 Å². The summed E-state index contributed by atoms with van der Waals surface area (Å²) in [5, 5.41) is 9.82. The summed E-state index contributed by atoms with van der Waals surface area (Å²) in [6.45, 7) is 3.72. The Kier molecular flexibility index (Phi) is 9.00. The topological polar surface area (TPSA) is 72.8 Å². The van der Waals surface area contributed by atoms with Gasteiger partial charge in [0.2, 0.25) is 0 Å². The maximum Gasteiger partial charge on any atom is 0.339 e. The van der Waals surface area contributed by atoms with Crippen molar-refractivity contribution >= 4 is 14.4 Å². The Labute approximate surface area is 139 Å². The molecule has 2 atom stereocenters. The minimum Gasteiger partial charge on any atom is -0.464 e. The Morgan fingerprint density at radius 2 is 1.96 bits per heavy atom. The van der Waals surface area contributed by atoms with Crippen molar-refractivity contribution < 1.29 is 23.9 Å². The fourth-order valence-electron chi connectivity index (χ4n) is 2.65. The van der Waals surface area contributed by atoms with E-state index in [1.165, 1.54) is 0 Å². The van der Waals surface area contributed by atoms with E-state index in [1.807, 2.05) is 30.3 Å². The molecule has 23 heavy (non-hydrogen) atoms. The molecule has 0 bridgehead atoms. The molecule has 0 radical (unpaired) electrons. The van der Waals surface area contributed by atoms with Crippen LogP contribution < -0.4 is 0 Å². The van der Waals surface area contributed by atoms with Crippen molar-refractivity contribution in [3.63, 3.8) is 0 Å². The van der Waals surface area contributed by atoms with Crippen LogP contribution >= 0.6 is 8.46 Å². The second-order valence-electron chi connectivity index (χ2n) is 5.23. The molecular weight excluding hydrogens is 315 g/mol. The fraction of sp³-hybridized carbons (Fsp3) is 0.588. The van der Waals surface area contributed by atoms with Crippen molar-refractivity contribution in [1.29, 1.82) is 0 Å². The van der Waals surface area contributed by atoms with Crippen LogP contribution in [-0.2, 0) is 25.3 Å². The van der Waals surface area contributed by atoms with Gasteiger partial charge in [-0.15, -0.1) is 0 Å². The quantitative estimate of drug-likeness (QED) is 0.495. The van der Waals surface area contributed by atoms with Crippen LogP contribution in [-0.4, -0.2) is 42.7 Å². The molecule has 0 heterocycles. The van der Waals surface area contributed by atoms with Gasteiger partial charge in [-0.25, -0.2) is 4.79 Å². The Hall–Kier alpha value is -1.29. The van der Waals surface area contributed by atoms with Gasteiger partial charge in [-0.2, -0.15) is 0 Å². The summed E-state index contributed by atoms with van der Waals surface area (Å²) >= 11 is 0. The van der Waals surface area contributed by atoms with E-state index in [1.54, 1.807) is 13.8 Å². The summed E-state index contributed by atoms with van der Waals surface area (Å²) in [4.78, 5) is 12.5. The third-order valence-electron chi connectivity index (χ3n) is 3.83. The Bertz CT molecular complexity index is 479. The molecule has 0 saturated carbocycles. The molecule has 2 unspecified atom stereocenters. The van der Waals surface area contributed by atoms with Gasteiger partial charge < -0.3 is 14.6 Å². The van der Waals surface area contributed by atoms with E-state index >= 15 is 0 Å². The molecule has 0 amide bonds. The van der Waals surface area contributed by atoms with E-state index in [0.29, 0.717) is 12.8 Å². The predicted molar refractivity (Wildman–Crippen MR) is 88.8 cm³/mol. The Morgan fingerprint density at radius 3 is 2.48 bits per heavy atom. The first kappa shape index (κ1) is 19.8. The van der Waals surface area contributed by atoms with Crippen LogP contribution in [0.1, 0.15) is 25.8 Å². The van der Waals surface area contributed by atoms with Crippen molar-refractivity contribution in [3.05, 3.63) is 35.9 Å². The van der Waals surface area contributed by atoms with E-state index in [9.17, 15) is 14.5 Å². The molecule has 1 aromatic rings. The standard InChI is InChI=1S/C17H25O5P/c1-3-21-16(19)17(13-23-20,22-4-2)15(12-18)11-10-14-8-6-5-7-9-14/h5-9,15,18H,3-4,10-13H2,1-2H3. The van der Waals surface area contributed by atoms with Crippen LogP contribution in [0, 0.1) is 5.92 Å². The first-order chi connectivity index (χ1) is 11.1. The van der Waals surface area contributed by atoms with Gasteiger partial charge in [0.05, 0.1) is 12.8 Å². The molecule has 0 saturated heterocycles. The van der Waals surface area contributed by atoms with Gasteiger partial charge in [-0.05, 0) is 32.3 Å². The number of esters is 1. The van der Waals surface area contributed by atoms with Gasteiger partial charge in [0.1, 0.15) is 0 Å². The number of aliphatic hydroxyl groups excluding tert-OH is 1. The summed E-state index contributed by atoms with van der Waals surface area (Å²) in [5.74, 6) is -1.04. The summed E-state index contributed by atoms with van der Waals surface area (Å²) < 4.78 is 22.0. The van der Waals surface area contributed by atoms with Crippen molar-refractivity contribution in [3.8, 4) is 0 Å². The van der Waals surface area contributed by atoms with E-state index < -0.39 is 17.5 Å². The Morgan fingerprint density at radius 1 is 1.26 bits per heavy atom. The molecular formula is C17H25O5P. The van der Waals surface area contributed by atoms with Gasteiger partial charge in [0, 0.05) is 19.1 Å². The van der Waals surface area contributed by atoms with Crippen molar-refractivity contribution in [2.24, 2.45) is 5.92 Å². The maximum absolute atomic E-state index is 12.5. The Balaban J connectivity index is 2.98. The van der Waals surface area contributed by atoms with Crippen molar-refractivity contribution in [2.75, 3.05) is 26.0 Å². The van der Waals surface area contributed by atoms with Crippen LogP contribution in [0.25, 0.3) is 0 Å². The zero-order chi connectivity index (χ0) is 17.1. The number of aliphatic hydroxyl groups is 1. The van der Waals surface area contributed by atoms with E-state index in [-0.39, 0.29) is 34.4 Å². The van der Waals surface area contributed by atoms with Gasteiger partial charge in [0.25, 0.3) is 0 Å². The molecule has 0 spiro atoms. The van der Waals surface area contributed by atoms with Crippen LogP contribution in [0.15, 0.2) is 30.3 Å². The third kappa shape index (κ3) is 5.38. The number of hydrogen-bond acceptors (Lipinski definition) is 5. The number of rotatable bonds is 11. The lowest BCUT2D eigenvalue weighted by atomic mass is 9.84. The molecule has 6 heteroatoms. The summed E-state index contributed by atoms with van der Waals surface area (Å²) in [5.41, 5.74) is -0.266. The number of hydrogen-bond donors (Lipinski definition) is 1. The van der Waals surface area contributed by atoms with Crippen molar-refractivity contribution in [2.45, 2.75) is 32.3 Å². The third-order valence-corrected chi connectivity index (χ3v) is 4.43. The predicted octanol–water partition coefficient (Wildman–Crippen LogP) is 2.86. The van der Waals surface area contributed by atoms with Crippen LogP contribution in [0.3, 0.4) is 0 Å². The average Bonchev–Trinajstić information content (AvgIpc) is 2.56. The highest BCUT2D eigenvalue weighted by atomic mass is 31.1. The van der Waals surface area contributed by atoms with Crippen LogP contribution in [0.2, 0.25) is 0 Å². The smallest absolute Gasteiger partial charge is 0.339 e. The lowest BCUT2D eigenvalue weighted by Crippen LogP contribution is -2.52. The van der Waals surface area contributed by atoms with Gasteiger partial charge in [-0.3, -0.25) is 4.57 Å². The first-order valence-electron chi connectivity index (χ1n) is 7.89. The molecule has 0 aromatic heterocycles. The highest BCUT2D eigenvalue weighted by Crippen LogP contribution is 2.31. The fourth-order valence-corrected chi connectivity index (χ4v) is 3.32. The zero-order valence-electron chi connectivity index (χ0n) is 13.7. The molecule has 0 aliphatic rings. The zero-order valence-corrected chi connectivity index (χ0v) is 14.6. The summed E-state index contributed by atoms with van der Waals surface area (Å²) in [6.07, 6.45) is 1.20. The molecule has 0 aliphatic carbocycles. The first-order valence-corrected chi connectivity index (χ1v) is 8.89. The summed E-state index contributed by atoms with van der Waals surface area (Å²) in [7, 11) is -0.211. The normalized spacial score (nSPS) is 15.1. The number of aryl methyl sites for hydroxylation is 1. The minimum absolute atomic E-state index is 0.0281. The highest BCUT2D eigenvalue weighted by molar-refractivity contribution is 7.23. The number of carbonyl (C=O) groups excluding carboxylic acids is 1.